The molecule has 0 amide bonds. The Morgan fingerprint density at radius 3 is 2.74 bits per heavy atom. The van der Waals surface area contributed by atoms with Gasteiger partial charge in [0.25, 0.3) is 0 Å². The number of aromatic amines is 1. The lowest BCUT2D eigenvalue weighted by Crippen LogP contribution is -2.05. The minimum absolute atomic E-state index is 0.0985. The zero-order valence-corrected chi connectivity index (χ0v) is 9.18. The van der Waals surface area contributed by atoms with Gasteiger partial charge in [-0.1, -0.05) is 0 Å². The van der Waals surface area contributed by atoms with E-state index in [1.807, 2.05) is 0 Å². The van der Waals surface area contributed by atoms with E-state index in [9.17, 15) is 13.2 Å². The number of nitrogens with one attached hydrogen (secondary N) is 1. The summed E-state index contributed by atoms with van der Waals surface area (Å²) in [6, 6.07) is 0. The van der Waals surface area contributed by atoms with Gasteiger partial charge in [0.1, 0.15) is 5.52 Å². The SMILES string of the molecule is Nc1nc(-n2cc(C(F)(F)F)cn2)c2[nH]cnc2n1. The van der Waals surface area contributed by atoms with Gasteiger partial charge in [0, 0.05) is 6.20 Å². The first-order valence-corrected chi connectivity index (χ1v) is 5.04. The first-order valence-electron chi connectivity index (χ1n) is 5.04. The van der Waals surface area contributed by atoms with Gasteiger partial charge in [-0.2, -0.15) is 28.2 Å². The summed E-state index contributed by atoms with van der Waals surface area (Å²) in [5.41, 5.74) is 5.21. The van der Waals surface area contributed by atoms with Crippen LogP contribution >= 0.6 is 0 Å². The molecule has 98 valence electrons. The van der Waals surface area contributed by atoms with Crippen LogP contribution in [0.3, 0.4) is 0 Å². The minimum atomic E-state index is -4.47. The second-order valence-corrected chi connectivity index (χ2v) is 3.68. The highest BCUT2D eigenvalue weighted by molar-refractivity contribution is 5.78. The number of imidazole rings is 1. The van der Waals surface area contributed by atoms with E-state index in [0.717, 1.165) is 10.9 Å². The predicted octanol–water partition coefficient (Wildman–Crippen LogP) is 1.14. The topological polar surface area (TPSA) is 98.3 Å². The molecule has 3 aromatic rings. The Balaban J connectivity index is 2.19. The maximum atomic E-state index is 12.5. The summed E-state index contributed by atoms with van der Waals surface area (Å²) in [6.45, 7) is 0. The molecule has 3 N–H and O–H groups in total. The summed E-state index contributed by atoms with van der Waals surface area (Å²) < 4.78 is 38.5. The van der Waals surface area contributed by atoms with E-state index in [4.69, 9.17) is 5.73 Å². The number of anilines is 1. The number of hydrogen-bond donors (Lipinski definition) is 2. The molecule has 0 spiro atoms. The van der Waals surface area contributed by atoms with Gasteiger partial charge in [0.05, 0.1) is 18.1 Å². The van der Waals surface area contributed by atoms with Gasteiger partial charge < -0.3 is 10.7 Å². The van der Waals surface area contributed by atoms with Crippen LogP contribution in [-0.4, -0.2) is 29.7 Å². The molecule has 7 nitrogen and oxygen atoms in total. The predicted molar refractivity (Wildman–Crippen MR) is 58.2 cm³/mol. The van der Waals surface area contributed by atoms with Crippen molar-refractivity contribution in [3.8, 4) is 5.82 Å². The van der Waals surface area contributed by atoms with Gasteiger partial charge in [-0.3, -0.25) is 0 Å². The lowest BCUT2D eigenvalue weighted by molar-refractivity contribution is -0.137. The van der Waals surface area contributed by atoms with Crippen LogP contribution in [0.15, 0.2) is 18.7 Å². The highest BCUT2D eigenvalue weighted by atomic mass is 19.4. The zero-order valence-electron chi connectivity index (χ0n) is 9.18. The molecule has 0 aromatic carbocycles. The minimum Gasteiger partial charge on any atom is -0.368 e. The molecule has 0 aliphatic carbocycles. The highest BCUT2D eigenvalue weighted by Gasteiger charge is 2.32. The summed E-state index contributed by atoms with van der Waals surface area (Å²) in [5.74, 6) is 0.00848. The molecule has 3 heterocycles. The van der Waals surface area contributed by atoms with Crippen molar-refractivity contribution >= 4 is 17.1 Å². The summed E-state index contributed by atoms with van der Waals surface area (Å²) in [6.07, 6.45) is -1.59. The van der Waals surface area contributed by atoms with Crippen LogP contribution in [0.2, 0.25) is 0 Å². The molecule has 0 fully saturated rings. The lowest BCUT2D eigenvalue weighted by Gasteiger charge is -2.03. The lowest BCUT2D eigenvalue weighted by atomic mass is 10.3. The first-order chi connectivity index (χ1) is 8.95. The van der Waals surface area contributed by atoms with E-state index < -0.39 is 11.7 Å². The molecule has 0 saturated heterocycles. The van der Waals surface area contributed by atoms with Crippen LogP contribution in [-0.2, 0) is 6.18 Å². The highest BCUT2D eigenvalue weighted by Crippen LogP contribution is 2.29. The van der Waals surface area contributed by atoms with E-state index in [0.29, 0.717) is 11.7 Å². The molecule has 0 saturated carbocycles. The van der Waals surface area contributed by atoms with Crippen LogP contribution in [0.4, 0.5) is 19.1 Å². The molecular weight excluding hydrogens is 263 g/mol. The summed E-state index contributed by atoms with van der Waals surface area (Å²) in [4.78, 5) is 14.3. The number of alkyl halides is 3. The maximum Gasteiger partial charge on any atom is 0.419 e. The van der Waals surface area contributed by atoms with Crippen LogP contribution < -0.4 is 5.73 Å². The molecule has 0 atom stereocenters. The van der Waals surface area contributed by atoms with E-state index in [2.05, 4.69) is 25.0 Å². The van der Waals surface area contributed by atoms with Gasteiger partial charge >= 0.3 is 6.18 Å². The van der Waals surface area contributed by atoms with Gasteiger partial charge in [-0.05, 0) is 0 Å². The van der Waals surface area contributed by atoms with E-state index in [1.165, 1.54) is 6.33 Å². The fourth-order valence-electron chi connectivity index (χ4n) is 1.59. The van der Waals surface area contributed by atoms with Gasteiger partial charge in [-0.15, -0.1) is 0 Å². The number of aromatic nitrogens is 6. The second kappa shape index (κ2) is 3.67. The summed E-state index contributed by atoms with van der Waals surface area (Å²) in [5, 5.41) is 3.63. The third kappa shape index (κ3) is 1.86. The van der Waals surface area contributed by atoms with Gasteiger partial charge in [0.2, 0.25) is 5.95 Å². The van der Waals surface area contributed by atoms with Crippen molar-refractivity contribution in [2.75, 3.05) is 5.73 Å². The van der Waals surface area contributed by atoms with E-state index in [-0.39, 0.29) is 17.4 Å². The molecular formula is C9H6F3N7. The third-order valence-electron chi connectivity index (χ3n) is 2.41. The molecule has 0 radical (unpaired) electrons. The van der Waals surface area contributed by atoms with Crippen molar-refractivity contribution in [1.29, 1.82) is 0 Å². The van der Waals surface area contributed by atoms with Crippen molar-refractivity contribution in [3.63, 3.8) is 0 Å². The number of nitrogens with two attached hydrogens (primary N) is 1. The average Bonchev–Trinajstić information content (AvgIpc) is 2.94. The zero-order chi connectivity index (χ0) is 13.6. The number of nitrogen functional groups attached to an aromatic ring is 1. The van der Waals surface area contributed by atoms with E-state index in [1.54, 1.807) is 0 Å². The summed E-state index contributed by atoms with van der Waals surface area (Å²) in [7, 11) is 0. The number of halogens is 3. The van der Waals surface area contributed by atoms with Crippen LogP contribution in [0.5, 0.6) is 0 Å². The average molecular weight is 269 g/mol. The quantitative estimate of drug-likeness (QED) is 0.690. The molecule has 3 aromatic heterocycles. The molecule has 3 rings (SSSR count). The Kier molecular flexibility index (Phi) is 2.21. The van der Waals surface area contributed by atoms with Crippen LogP contribution in [0.1, 0.15) is 5.56 Å². The molecule has 19 heavy (non-hydrogen) atoms. The maximum absolute atomic E-state index is 12.5. The molecule has 0 aliphatic heterocycles. The Morgan fingerprint density at radius 2 is 2.05 bits per heavy atom. The number of nitrogens with zero attached hydrogens (tertiary/aromatic N) is 5. The van der Waals surface area contributed by atoms with Gasteiger partial charge in [0.15, 0.2) is 11.5 Å². The standard InChI is InChI=1S/C9H6F3N7/c10-9(11,12)4-1-16-19(2-4)7-5-6(15-3-14-5)17-8(13)18-7/h1-3H,(H3,13,14,15,17,18). The Bertz CT molecular complexity index is 742. The largest absolute Gasteiger partial charge is 0.419 e. The number of hydrogen-bond acceptors (Lipinski definition) is 5. The second-order valence-electron chi connectivity index (χ2n) is 3.68. The van der Waals surface area contributed by atoms with Crippen molar-refractivity contribution in [2.24, 2.45) is 0 Å². The molecule has 0 unspecified atom stereocenters. The molecule has 0 bridgehead atoms. The smallest absolute Gasteiger partial charge is 0.368 e. The van der Waals surface area contributed by atoms with Crippen LogP contribution in [0.25, 0.3) is 17.0 Å². The fourth-order valence-corrected chi connectivity index (χ4v) is 1.59. The van der Waals surface area contributed by atoms with Crippen molar-refractivity contribution in [2.45, 2.75) is 6.18 Å². The summed E-state index contributed by atoms with van der Waals surface area (Å²) >= 11 is 0. The van der Waals surface area contributed by atoms with E-state index >= 15 is 0 Å². The van der Waals surface area contributed by atoms with Gasteiger partial charge in [-0.25, -0.2) is 9.67 Å². The number of rotatable bonds is 1. The van der Waals surface area contributed by atoms with Crippen molar-refractivity contribution in [3.05, 3.63) is 24.3 Å². The van der Waals surface area contributed by atoms with Crippen molar-refractivity contribution < 1.29 is 13.2 Å². The normalized spacial score (nSPS) is 12.2. The number of H-pyrrole nitrogens is 1. The fraction of sp³-hybridized carbons (Fsp3) is 0.111. The Hall–Kier alpha value is -2.65. The van der Waals surface area contributed by atoms with Crippen molar-refractivity contribution in [1.82, 2.24) is 29.7 Å². The Labute approximate surface area is 103 Å². The molecule has 0 aliphatic rings. The first kappa shape index (κ1) is 11.4. The van der Waals surface area contributed by atoms with Crippen LogP contribution in [0, 0.1) is 0 Å². The Morgan fingerprint density at radius 1 is 1.26 bits per heavy atom. The monoisotopic (exact) mass is 269 g/mol. The molecule has 10 heteroatoms. The number of fused-ring (bicyclic) bond motifs is 1. The third-order valence-corrected chi connectivity index (χ3v) is 2.41.